The number of benzene rings is 1. The van der Waals surface area contributed by atoms with Crippen LogP contribution in [0.25, 0.3) is 0 Å². The van der Waals surface area contributed by atoms with Crippen LogP contribution in [0.5, 0.6) is 0 Å². The van der Waals surface area contributed by atoms with Gasteiger partial charge in [0.2, 0.25) is 0 Å². The summed E-state index contributed by atoms with van der Waals surface area (Å²) in [4.78, 5) is 14.0. The summed E-state index contributed by atoms with van der Waals surface area (Å²) < 4.78 is 25.9. The summed E-state index contributed by atoms with van der Waals surface area (Å²) in [5, 5.41) is 2.64. The summed E-state index contributed by atoms with van der Waals surface area (Å²) in [7, 11) is 0. The van der Waals surface area contributed by atoms with E-state index in [2.05, 4.69) is 5.32 Å². The number of fused-ring (bicyclic) bond motifs is 1. The summed E-state index contributed by atoms with van der Waals surface area (Å²) in [6.45, 7) is 0.755. The predicted molar refractivity (Wildman–Crippen MR) is 67.8 cm³/mol. The lowest BCUT2D eigenvalue weighted by Crippen LogP contribution is -2.39. The van der Waals surface area contributed by atoms with Gasteiger partial charge in [0, 0.05) is 24.3 Å². The summed E-state index contributed by atoms with van der Waals surface area (Å²) in [6.07, 6.45) is 4.47. The van der Waals surface area contributed by atoms with Crippen molar-refractivity contribution in [2.45, 2.75) is 31.7 Å². The van der Waals surface area contributed by atoms with Gasteiger partial charge in [0.25, 0.3) is 0 Å². The molecule has 1 aliphatic carbocycles. The van der Waals surface area contributed by atoms with Gasteiger partial charge in [-0.1, -0.05) is 6.42 Å². The number of carbonyl (C=O) groups is 1. The number of nitrogens with zero attached hydrogens (tertiary/aromatic N) is 1. The Morgan fingerprint density at radius 1 is 1.21 bits per heavy atom. The van der Waals surface area contributed by atoms with Gasteiger partial charge in [0.15, 0.2) is 11.6 Å². The van der Waals surface area contributed by atoms with Crippen molar-refractivity contribution in [1.82, 2.24) is 4.90 Å². The van der Waals surface area contributed by atoms with E-state index in [4.69, 9.17) is 0 Å². The molecular formula is C14H16F2N2O. The molecule has 1 saturated heterocycles. The molecule has 1 aliphatic heterocycles. The summed E-state index contributed by atoms with van der Waals surface area (Å²) in [6, 6.07) is 3.52. The largest absolute Gasteiger partial charge is 0.322 e. The highest BCUT2D eigenvalue weighted by molar-refractivity contribution is 5.89. The second kappa shape index (κ2) is 4.79. The molecule has 19 heavy (non-hydrogen) atoms. The van der Waals surface area contributed by atoms with Crippen LogP contribution in [0, 0.1) is 17.6 Å². The minimum atomic E-state index is -0.946. The second-order valence-corrected chi connectivity index (χ2v) is 5.30. The Labute approximate surface area is 110 Å². The van der Waals surface area contributed by atoms with Crippen LogP contribution >= 0.6 is 0 Å². The van der Waals surface area contributed by atoms with E-state index in [0.29, 0.717) is 17.6 Å². The van der Waals surface area contributed by atoms with E-state index >= 15 is 0 Å². The first kappa shape index (κ1) is 12.4. The fourth-order valence-corrected chi connectivity index (χ4v) is 3.26. The van der Waals surface area contributed by atoms with Crippen LogP contribution in [-0.4, -0.2) is 23.5 Å². The molecule has 2 atom stereocenters. The number of carbonyl (C=O) groups excluding carboxylic acids is 1. The van der Waals surface area contributed by atoms with Gasteiger partial charge in [-0.3, -0.25) is 0 Å². The van der Waals surface area contributed by atoms with E-state index in [1.807, 2.05) is 4.90 Å². The zero-order valence-corrected chi connectivity index (χ0v) is 10.5. The van der Waals surface area contributed by atoms with Crippen molar-refractivity contribution in [2.75, 3.05) is 11.9 Å². The van der Waals surface area contributed by atoms with Gasteiger partial charge in [-0.2, -0.15) is 0 Å². The maximum absolute atomic E-state index is 13.1. The number of hydrogen-bond donors (Lipinski definition) is 1. The zero-order valence-electron chi connectivity index (χ0n) is 10.5. The Bertz CT molecular complexity index is 506. The highest BCUT2D eigenvalue weighted by Gasteiger charge is 2.39. The molecule has 3 nitrogen and oxygen atoms in total. The molecule has 1 aromatic rings. The first-order chi connectivity index (χ1) is 9.15. The summed E-state index contributed by atoms with van der Waals surface area (Å²) in [5.41, 5.74) is 0.297. The first-order valence-corrected chi connectivity index (χ1v) is 6.68. The molecule has 1 saturated carbocycles. The number of urea groups is 1. The quantitative estimate of drug-likeness (QED) is 0.830. The normalized spacial score (nSPS) is 25.5. The third-order valence-corrected chi connectivity index (χ3v) is 4.19. The highest BCUT2D eigenvalue weighted by atomic mass is 19.2. The Kier molecular flexibility index (Phi) is 3.12. The van der Waals surface area contributed by atoms with Crippen LogP contribution in [0.3, 0.4) is 0 Å². The molecule has 1 N–H and O–H groups in total. The number of amides is 2. The van der Waals surface area contributed by atoms with Crippen molar-refractivity contribution in [3.63, 3.8) is 0 Å². The third-order valence-electron chi connectivity index (χ3n) is 4.19. The van der Waals surface area contributed by atoms with Crippen LogP contribution in [0.1, 0.15) is 25.7 Å². The molecule has 2 amide bonds. The number of rotatable bonds is 1. The lowest BCUT2D eigenvalue weighted by molar-refractivity contribution is 0.203. The van der Waals surface area contributed by atoms with E-state index in [0.717, 1.165) is 31.5 Å². The Morgan fingerprint density at radius 2 is 2.05 bits per heavy atom. The molecule has 3 rings (SSSR count). The topological polar surface area (TPSA) is 32.3 Å². The van der Waals surface area contributed by atoms with E-state index < -0.39 is 11.6 Å². The fraction of sp³-hybridized carbons (Fsp3) is 0.500. The van der Waals surface area contributed by atoms with Gasteiger partial charge in [-0.05, 0) is 37.3 Å². The zero-order chi connectivity index (χ0) is 13.4. The molecule has 2 aliphatic rings. The highest BCUT2D eigenvalue weighted by Crippen LogP contribution is 2.37. The molecule has 1 heterocycles. The van der Waals surface area contributed by atoms with Crippen LogP contribution in [-0.2, 0) is 0 Å². The molecule has 1 aromatic carbocycles. The molecular weight excluding hydrogens is 250 g/mol. The van der Waals surface area contributed by atoms with Gasteiger partial charge >= 0.3 is 6.03 Å². The van der Waals surface area contributed by atoms with Gasteiger partial charge in [-0.25, -0.2) is 13.6 Å². The summed E-state index contributed by atoms with van der Waals surface area (Å²) in [5.74, 6) is -1.23. The smallest absolute Gasteiger partial charge is 0.321 e. The Hall–Kier alpha value is -1.65. The molecule has 0 bridgehead atoms. The van der Waals surface area contributed by atoms with E-state index in [9.17, 15) is 13.6 Å². The summed E-state index contributed by atoms with van der Waals surface area (Å²) >= 11 is 0. The van der Waals surface area contributed by atoms with Crippen molar-refractivity contribution < 1.29 is 13.6 Å². The van der Waals surface area contributed by atoms with E-state index in [1.165, 1.54) is 18.9 Å². The molecule has 0 unspecified atom stereocenters. The van der Waals surface area contributed by atoms with Crippen LogP contribution in [0.15, 0.2) is 18.2 Å². The predicted octanol–water partition coefficient (Wildman–Crippen LogP) is 3.37. The third kappa shape index (κ3) is 2.29. The van der Waals surface area contributed by atoms with Gasteiger partial charge in [-0.15, -0.1) is 0 Å². The minimum Gasteiger partial charge on any atom is -0.321 e. The Morgan fingerprint density at radius 3 is 2.84 bits per heavy atom. The van der Waals surface area contributed by atoms with Gasteiger partial charge in [0.05, 0.1) is 0 Å². The molecule has 0 spiro atoms. The number of hydrogen-bond acceptors (Lipinski definition) is 1. The second-order valence-electron chi connectivity index (χ2n) is 5.30. The van der Waals surface area contributed by atoms with Gasteiger partial charge < -0.3 is 10.2 Å². The number of halogens is 2. The van der Waals surface area contributed by atoms with E-state index in [1.54, 1.807) is 0 Å². The number of nitrogens with one attached hydrogen (secondary N) is 1. The van der Waals surface area contributed by atoms with Crippen LogP contribution in [0.2, 0.25) is 0 Å². The molecule has 0 aromatic heterocycles. The number of likely N-dealkylation sites (tertiary alicyclic amines) is 1. The standard InChI is InChI=1S/C14H16F2N2O/c15-11-5-4-10(8-12(11)16)17-14(19)18-7-6-9-2-1-3-13(9)18/h4-5,8-9,13H,1-3,6-7H2,(H,17,19)/t9-,13-/m1/s1. The van der Waals surface area contributed by atoms with Gasteiger partial charge in [0.1, 0.15) is 0 Å². The van der Waals surface area contributed by atoms with Crippen molar-refractivity contribution >= 4 is 11.7 Å². The van der Waals surface area contributed by atoms with E-state index in [-0.39, 0.29) is 6.03 Å². The van der Waals surface area contributed by atoms with Crippen LogP contribution in [0.4, 0.5) is 19.3 Å². The maximum atomic E-state index is 13.1. The number of anilines is 1. The average molecular weight is 266 g/mol. The molecule has 102 valence electrons. The monoisotopic (exact) mass is 266 g/mol. The first-order valence-electron chi connectivity index (χ1n) is 6.68. The van der Waals surface area contributed by atoms with Crippen molar-refractivity contribution in [3.05, 3.63) is 29.8 Å². The van der Waals surface area contributed by atoms with Crippen molar-refractivity contribution in [1.29, 1.82) is 0 Å². The average Bonchev–Trinajstić information content (AvgIpc) is 2.95. The SMILES string of the molecule is O=C(Nc1ccc(F)c(F)c1)N1CC[C@H]2CCC[C@H]21. The molecule has 5 heteroatoms. The minimum absolute atomic E-state index is 0.208. The lowest BCUT2D eigenvalue weighted by atomic mass is 10.1. The Balaban J connectivity index is 1.69. The fourth-order valence-electron chi connectivity index (χ4n) is 3.26. The lowest BCUT2D eigenvalue weighted by Gasteiger charge is -2.24. The van der Waals surface area contributed by atoms with Crippen molar-refractivity contribution in [3.8, 4) is 0 Å². The van der Waals surface area contributed by atoms with Crippen LogP contribution < -0.4 is 5.32 Å². The molecule has 2 fully saturated rings. The maximum Gasteiger partial charge on any atom is 0.322 e. The van der Waals surface area contributed by atoms with Crippen molar-refractivity contribution in [2.24, 2.45) is 5.92 Å². The molecule has 0 radical (unpaired) electrons.